The Labute approximate surface area is 263 Å². The van der Waals surface area contributed by atoms with Crippen LogP contribution in [0.5, 0.6) is 11.5 Å². The van der Waals surface area contributed by atoms with Crippen molar-refractivity contribution in [2.24, 2.45) is 17.7 Å². The third kappa shape index (κ3) is 11.2. The summed E-state index contributed by atoms with van der Waals surface area (Å²) < 4.78 is 16.3. The number of nitrogens with one attached hydrogen (secondary N) is 1. The van der Waals surface area contributed by atoms with Crippen LogP contribution in [0.2, 0.25) is 0 Å². The van der Waals surface area contributed by atoms with Gasteiger partial charge in [0, 0.05) is 5.56 Å². The molecule has 44 heavy (non-hydrogen) atoms. The highest BCUT2D eigenvalue weighted by atomic mass is 32.2. The van der Waals surface area contributed by atoms with Gasteiger partial charge in [-0.1, -0.05) is 62.8 Å². The lowest BCUT2D eigenvalue weighted by Crippen LogP contribution is -2.16. The monoisotopic (exact) mass is 622 g/mol. The standard InChI is InChI=1S/C20H24N2O4S.C14H18O3/c21-25-26-27-19-12-5-4-11-18(19)22-20(23)16-9-6-10-17(13-16)24-14-15-7-2-1-3-8-15;15-14(16)12-7-4-8-13(9-12)17-10-11-5-2-1-3-6-11/h4-6,9-13,15H,1-3,7-8,14,21H2,(H,22,23);4,7-9,11H,1-3,5-6,10H2,(H,15,16). The summed E-state index contributed by atoms with van der Waals surface area (Å²) in [5.41, 5.74) is 1.43. The second kappa shape index (κ2) is 18.3. The molecular formula is C34H42N2O7S. The number of rotatable bonds is 12. The highest BCUT2D eigenvalue weighted by Crippen LogP contribution is 2.29. The van der Waals surface area contributed by atoms with Gasteiger partial charge in [0.2, 0.25) is 0 Å². The molecule has 0 radical (unpaired) electrons. The lowest BCUT2D eigenvalue weighted by molar-refractivity contribution is -0.195. The summed E-state index contributed by atoms with van der Waals surface area (Å²) in [6.07, 6.45) is 12.7. The van der Waals surface area contributed by atoms with E-state index >= 15 is 0 Å². The number of carboxylic acids is 1. The zero-order valence-corrected chi connectivity index (χ0v) is 25.8. The van der Waals surface area contributed by atoms with Crippen LogP contribution in [0.25, 0.3) is 0 Å². The van der Waals surface area contributed by atoms with E-state index in [1.54, 1.807) is 42.5 Å². The summed E-state index contributed by atoms with van der Waals surface area (Å²) >= 11 is 0.925. The van der Waals surface area contributed by atoms with E-state index in [2.05, 4.69) is 14.6 Å². The Balaban J connectivity index is 0.000000223. The van der Waals surface area contributed by atoms with Crippen LogP contribution in [0.4, 0.5) is 5.69 Å². The Morgan fingerprint density at radius 2 is 1.30 bits per heavy atom. The Hall–Kier alpha value is -3.57. The van der Waals surface area contributed by atoms with Gasteiger partial charge >= 0.3 is 5.97 Å². The topological polar surface area (TPSA) is 129 Å². The minimum atomic E-state index is -0.909. The Bertz CT molecular complexity index is 1330. The van der Waals surface area contributed by atoms with E-state index in [0.717, 1.165) is 17.8 Å². The van der Waals surface area contributed by atoms with Gasteiger partial charge in [-0.15, -0.1) is 9.32 Å². The number of carbonyl (C=O) groups is 2. The molecule has 236 valence electrons. The first-order valence-electron chi connectivity index (χ1n) is 15.3. The van der Waals surface area contributed by atoms with Crippen molar-refractivity contribution in [3.05, 3.63) is 83.9 Å². The zero-order valence-electron chi connectivity index (χ0n) is 25.0. The van der Waals surface area contributed by atoms with E-state index in [-0.39, 0.29) is 11.5 Å². The number of hydrogen-bond acceptors (Lipinski definition) is 8. The van der Waals surface area contributed by atoms with Crippen LogP contribution in [0.1, 0.15) is 84.9 Å². The van der Waals surface area contributed by atoms with E-state index in [1.165, 1.54) is 64.2 Å². The number of amides is 1. The predicted octanol–water partition coefficient (Wildman–Crippen LogP) is 8.07. The van der Waals surface area contributed by atoms with Gasteiger partial charge in [0.25, 0.3) is 5.91 Å². The van der Waals surface area contributed by atoms with Crippen molar-refractivity contribution in [2.75, 3.05) is 18.5 Å². The molecule has 4 N–H and O–H groups in total. The van der Waals surface area contributed by atoms with E-state index < -0.39 is 5.97 Å². The summed E-state index contributed by atoms with van der Waals surface area (Å²) in [5.74, 6) is 6.37. The number of nitrogens with two attached hydrogens (primary N) is 1. The number of carbonyl (C=O) groups excluding carboxylic acids is 1. The van der Waals surface area contributed by atoms with Crippen molar-refractivity contribution in [1.82, 2.24) is 0 Å². The van der Waals surface area contributed by atoms with Crippen LogP contribution < -0.4 is 20.7 Å². The molecule has 0 saturated heterocycles. The maximum atomic E-state index is 12.6. The molecule has 2 aliphatic carbocycles. The van der Waals surface area contributed by atoms with Crippen LogP contribution >= 0.6 is 12.0 Å². The van der Waals surface area contributed by atoms with E-state index in [9.17, 15) is 9.59 Å². The first-order chi connectivity index (χ1) is 21.5. The number of para-hydroxylation sites is 1. The lowest BCUT2D eigenvalue weighted by atomic mass is 9.90. The molecule has 3 aromatic carbocycles. The molecule has 5 rings (SSSR count). The number of carboxylic acid groups (broad SMARTS) is 1. The van der Waals surface area contributed by atoms with Crippen molar-refractivity contribution in [2.45, 2.75) is 69.1 Å². The maximum Gasteiger partial charge on any atom is 0.335 e. The summed E-state index contributed by atoms with van der Waals surface area (Å²) in [4.78, 5) is 28.2. The fraction of sp³-hybridized carbons (Fsp3) is 0.412. The smallest absolute Gasteiger partial charge is 0.335 e. The number of ether oxygens (including phenoxy) is 2. The Morgan fingerprint density at radius 1 is 0.750 bits per heavy atom. The fourth-order valence-electron chi connectivity index (χ4n) is 5.48. The molecule has 0 aliphatic heterocycles. The average molecular weight is 623 g/mol. The van der Waals surface area contributed by atoms with Gasteiger partial charge in [0.05, 0.1) is 41.4 Å². The van der Waals surface area contributed by atoms with Crippen LogP contribution in [0.3, 0.4) is 0 Å². The first-order valence-corrected chi connectivity index (χ1v) is 16.1. The van der Waals surface area contributed by atoms with E-state index in [4.69, 9.17) is 20.5 Å². The van der Waals surface area contributed by atoms with Crippen LogP contribution in [0.15, 0.2) is 77.7 Å². The second-order valence-corrected chi connectivity index (χ2v) is 11.9. The summed E-state index contributed by atoms with van der Waals surface area (Å²) in [6, 6.07) is 21.2. The van der Waals surface area contributed by atoms with Crippen LogP contribution in [-0.2, 0) is 9.32 Å². The number of aromatic carboxylic acids is 1. The Morgan fingerprint density at radius 3 is 1.86 bits per heavy atom. The number of anilines is 1. The molecule has 0 spiro atoms. The molecule has 2 fully saturated rings. The molecule has 9 nitrogen and oxygen atoms in total. The number of hydrogen-bond donors (Lipinski definition) is 3. The summed E-state index contributed by atoms with van der Waals surface area (Å²) in [7, 11) is 0. The van der Waals surface area contributed by atoms with Crippen molar-refractivity contribution < 1.29 is 33.5 Å². The lowest BCUT2D eigenvalue weighted by Gasteiger charge is -2.21. The molecule has 0 bridgehead atoms. The molecule has 0 heterocycles. The first kappa shape index (κ1) is 33.3. The molecule has 2 saturated carbocycles. The maximum absolute atomic E-state index is 12.6. The van der Waals surface area contributed by atoms with E-state index in [1.807, 2.05) is 30.3 Å². The molecule has 0 atom stereocenters. The van der Waals surface area contributed by atoms with Gasteiger partial charge in [0.15, 0.2) is 0 Å². The largest absolute Gasteiger partial charge is 0.493 e. The molecular weight excluding hydrogens is 580 g/mol. The molecule has 1 amide bonds. The van der Waals surface area contributed by atoms with Gasteiger partial charge in [-0.2, -0.15) is 5.90 Å². The van der Waals surface area contributed by atoms with Crippen LogP contribution in [0, 0.1) is 11.8 Å². The fourth-order valence-corrected chi connectivity index (χ4v) is 5.93. The summed E-state index contributed by atoms with van der Waals surface area (Å²) in [6.45, 7) is 1.42. The zero-order chi connectivity index (χ0) is 31.0. The normalized spacial score (nSPS) is 15.5. The van der Waals surface area contributed by atoms with Gasteiger partial charge in [0.1, 0.15) is 11.5 Å². The third-order valence-corrected chi connectivity index (χ3v) is 8.58. The van der Waals surface area contributed by atoms with Crippen molar-refractivity contribution in [1.29, 1.82) is 0 Å². The van der Waals surface area contributed by atoms with Crippen LogP contribution in [-0.4, -0.2) is 30.2 Å². The quantitative estimate of drug-likeness (QED) is 0.104. The highest BCUT2D eigenvalue weighted by Gasteiger charge is 2.16. The molecule has 2 aliphatic rings. The molecule has 3 aromatic rings. The predicted molar refractivity (Wildman–Crippen MR) is 171 cm³/mol. The van der Waals surface area contributed by atoms with Crippen molar-refractivity contribution in [3.63, 3.8) is 0 Å². The van der Waals surface area contributed by atoms with Gasteiger partial charge in [-0.05, 0) is 86.1 Å². The SMILES string of the molecule is NOOSc1ccccc1NC(=O)c1cccc(OCC2CCCCC2)c1.O=C(O)c1cccc(OCC2CCCCC2)c1. The van der Waals surface area contributed by atoms with Gasteiger partial charge in [-0.25, -0.2) is 4.79 Å². The molecule has 0 aromatic heterocycles. The highest BCUT2D eigenvalue weighted by molar-refractivity contribution is 7.94. The molecule has 0 unspecified atom stereocenters. The van der Waals surface area contributed by atoms with E-state index in [0.29, 0.717) is 46.9 Å². The average Bonchev–Trinajstić information content (AvgIpc) is 3.07. The van der Waals surface area contributed by atoms with Crippen molar-refractivity contribution >= 4 is 29.6 Å². The Kier molecular flexibility index (Phi) is 13.9. The minimum absolute atomic E-state index is 0.222. The van der Waals surface area contributed by atoms with Gasteiger partial charge in [-0.3, -0.25) is 4.79 Å². The molecule has 10 heteroatoms. The summed E-state index contributed by atoms with van der Waals surface area (Å²) in [5, 5.41) is 11.7. The van der Waals surface area contributed by atoms with Crippen molar-refractivity contribution in [3.8, 4) is 11.5 Å². The second-order valence-electron chi connectivity index (χ2n) is 11.2. The van der Waals surface area contributed by atoms with Gasteiger partial charge < -0.3 is 19.9 Å². The third-order valence-electron chi connectivity index (χ3n) is 7.90. The number of benzene rings is 3. The minimum Gasteiger partial charge on any atom is -0.493 e.